The fourth-order valence-electron chi connectivity index (χ4n) is 3.03. The van der Waals surface area contributed by atoms with Crippen molar-refractivity contribution in [2.24, 2.45) is 0 Å². The second-order valence-corrected chi connectivity index (χ2v) is 7.64. The van der Waals surface area contributed by atoms with Crippen LogP contribution in [0, 0.1) is 5.82 Å². The van der Waals surface area contributed by atoms with E-state index in [4.69, 9.17) is 11.6 Å². The topological polar surface area (TPSA) is 49.4 Å². The molecule has 4 rings (SSSR count). The molecule has 0 radical (unpaired) electrons. The molecule has 0 aliphatic heterocycles. The van der Waals surface area contributed by atoms with Gasteiger partial charge in [0, 0.05) is 24.2 Å². The summed E-state index contributed by atoms with van der Waals surface area (Å²) < 4.78 is 13.3. The molecule has 4 nitrogen and oxygen atoms in total. The molecular formula is C21H20ClFN2O2. The van der Waals surface area contributed by atoms with Crippen LogP contribution in [0.2, 0.25) is 5.02 Å². The summed E-state index contributed by atoms with van der Waals surface area (Å²) >= 11 is 6.07. The van der Waals surface area contributed by atoms with Crippen molar-refractivity contribution in [2.75, 3.05) is 0 Å². The monoisotopic (exact) mass is 386 g/mol. The van der Waals surface area contributed by atoms with Crippen molar-refractivity contribution in [3.63, 3.8) is 0 Å². The third-order valence-electron chi connectivity index (χ3n) is 4.89. The molecule has 6 heteroatoms. The summed E-state index contributed by atoms with van der Waals surface area (Å²) in [5.74, 6) is -0.718. The van der Waals surface area contributed by atoms with Crippen LogP contribution in [0.5, 0.6) is 0 Å². The molecule has 0 aromatic heterocycles. The number of hydrogen-bond donors (Lipinski definition) is 1. The van der Waals surface area contributed by atoms with Crippen molar-refractivity contribution >= 4 is 23.4 Å². The number of nitrogens with one attached hydrogen (secondary N) is 1. The molecule has 2 aliphatic carbocycles. The number of amides is 2. The van der Waals surface area contributed by atoms with Crippen LogP contribution in [0.15, 0.2) is 42.5 Å². The first-order valence-electron chi connectivity index (χ1n) is 9.17. The van der Waals surface area contributed by atoms with Crippen LogP contribution in [-0.4, -0.2) is 28.8 Å². The highest BCUT2D eigenvalue weighted by Crippen LogP contribution is 2.31. The van der Waals surface area contributed by atoms with E-state index in [0.29, 0.717) is 23.7 Å². The Labute approximate surface area is 162 Å². The quantitative estimate of drug-likeness (QED) is 0.809. The van der Waals surface area contributed by atoms with Crippen LogP contribution >= 0.6 is 11.6 Å². The average molecular weight is 387 g/mol. The molecule has 0 saturated heterocycles. The molecule has 0 spiro atoms. The van der Waals surface area contributed by atoms with Crippen molar-refractivity contribution < 1.29 is 14.0 Å². The normalized spacial score (nSPS) is 16.1. The maximum Gasteiger partial charge on any atom is 0.255 e. The molecule has 2 fully saturated rings. The first kappa shape index (κ1) is 18.0. The third kappa shape index (κ3) is 4.30. The zero-order chi connectivity index (χ0) is 19.0. The summed E-state index contributed by atoms with van der Waals surface area (Å²) in [5, 5.41) is 3.08. The van der Waals surface area contributed by atoms with Crippen molar-refractivity contribution in [1.82, 2.24) is 10.2 Å². The number of hydrogen-bond acceptors (Lipinski definition) is 2. The Morgan fingerprint density at radius 3 is 2.37 bits per heavy atom. The Balaban J connectivity index is 1.48. The maximum atomic E-state index is 13.3. The summed E-state index contributed by atoms with van der Waals surface area (Å²) in [7, 11) is 0. The van der Waals surface area contributed by atoms with E-state index in [9.17, 15) is 14.0 Å². The predicted molar refractivity (Wildman–Crippen MR) is 101 cm³/mol. The van der Waals surface area contributed by atoms with Gasteiger partial charge in [-0.25, -0.2) is 4.39 Å². The lowest BCUT2D eigenvalue weighted by atomic mass is 10.1. The zero-order valence-corrected chi connectivity index (χ0v) is 15.5. The van der Waals surface area contributed by atoms with Gasteiger partial charge in [-0.1, -0.05) is 23.7 Å². The first-order chi connectivity index (χ1) is 13.0. The van der Waals surface area contributed by atoms with Crippen molar-refractivity contribution in [3.8, 4) is 0 Å². The van der Waals surface area contributed by atoms with E-state index in [1.165, 1.54) is 12.1 Å². The van der Waals surface area contributed by atoms with Gasteiger partial charge in [0.15, 0.2) is 0 Å². The Morgan fingerprint density at radius 2 is 1.78 bits per heavy atom. The average Bonchev–Trinajstić information content (AvgIpc) is 3.54. The van der Waals surface area contributed by atoms with Crippen molar-refractivity contribution in [2.45, 2.75) is 44.3 Å². The SMILES string of the molecule is O=C(NC1CC1)c1ccc(CN(C(=O)c2ccc(F)cc2Cl)C2CC2)cc1. The summed E-state index contributed by atoms with van der Waals surface area (Å²) in [5.41, 5.74) is 1.87. The molecule has 2 aliphatic rings. The highest BCUT2D eigenvalue weighted by molar-refractivity contribution is 6.33. The third-order valence-corrected chi connectivity index (χ3v) is 5.20. The molecule has 0 bridgehead atoms. The maximum absolute atomic E-state index is 13.3. The van der Waals surface area contributed by atoms with Gasteiger partial charge < -0.3 is 10.2 Å². The van der Waals surface area contributed by atoms with Crippen LogP contribution in [0.1, 0.15) is 52.0 Å². The van der Waals surface area contributed by atoms with Gasteiger partial charge in [-0.05, 0) is 61.6 Å². The first-order valence-corrected chi connectivity index (χ1v) is 9.55. The van der Waals surface area contributed by atoms with Gasteiger partial charge >= 0.3 is 0 Å². The second kappa shape index (κ2) is 7.31. The number of benzene rings is 2. The Morgan fingerprint density at radius 1 is 1.07 bits per heavy atom. The molecule has 27 heavy (non-hydrogen) atoms. The van der Waals surface area contributed by atoms with Crippen LogP contribution < -0.4 is 5.32 Å². The fraction of sp³-hybridized carbons (Fsp3) is 0.333. The summed E-state index contributed by atoms with van der Waals surface area (Å²) in [6, 6.07) is 11.6. The summed E-state index contributed by atoms with van der Waals surface area (Å²) in [6.45, 7) is 0.432. The predicted octanol–water partition coefficient (Wildman–Crippen LogP) is 4.18. The van der Waals surface area contributed by atoms with Crippen molar-refractivity contribution in [3.05, 3.63) is 70.0 Å². The van der Waals surface area contributed by atoms with Crippen LogP contribution in [0.3, 0.4) is 0 Å². The van der Waals surface area contributed by atoms with Gasteiger partial charge in [0.1, 0.15) is 5.82 Å². The molecule has 2 aromatic carbocycles. The van der Waals surface area contributed by atoms with Gasteiger partial charge in [0.05, 0.1) is 10.6 Å². The molecule has 2 amide bonds. The number of halogens is 2. The molecule has 140 valence electrons. The molecule has 2 saturated carbocycles. The minimum Gasteiger partial charge on any atom is -0.349 e. The van der Waals surface area contributed by atoms with Gasteiger partial charge in [0.25, 0.3) is 11.8 Å². The molecule has 2 aromatic rings. The van der Waals surface area contributed by atoms with E-state index >= 15 is 0 Å². The Bertz CT molecular complexity index is 876. The van der Waals surface area contributed by atoms with Crippen LogP contribution in [0.25, 0.3) is 0 Å². The second-order valence-electron chi connectivity index (χ2n) is 7.23. The fourth-order valence-corrected chi connectivity index (χ4v) is 3.27. The van der Waals surface area contributed by atoms with Gasteiger partial charge in [-0.3, -0.25) is 9.59 Å². The van der Waals surface area contributed by atoms with Crippen molar-refractivity contribution in [1.29, 1.82) is 0 Å². The van der Waals surface area contributed by atoms with Gasteiger partial charge in [-0.15, -0.1) is 0 Å². The molecular weight excluding hydrogens is 367 g/mol. The van der Waals surface area contributed by atoms with E-state index in [1.54, 1.807) is 17.0 Å². The number of carbonyl (C=O) groups is 2. The lowest BCUT2D eigenvalue weighted by Gasteiger charge is -2.23. The Hall–Kier alpha value is -2.40. The van der Waals surface area contributed by atoms with Gasteiger partial charge in [-0.2, -0.15) is 0 Å². The summed E-state index contributed by atoms with van der Waals surface area (Å²) in [6.07, 6.45) is 4.00. The minimum absolute atomic E-state index is 0.0581. The lowest BCUT2D eigenvalue weighted by molar-refractivity contribution is 0.0729. The molecule has 0 unspecified atom stereocenters. The standard InChI is InChI=1S/C21H20ClFN2O2/c22-19-11-15(23)5-10-18(19)21(27)25(17-8-9-17)12-13-1-3-14(4-2-13)20(26)24-16-6-7-16/h1-5,10-11,16-17H,6-9,12H2,(H,24,26). The molecule has 0 heterocycles. The van der Waals surface area contributed by atoms with E-state index in [1.807, 2.05) is 12.1 Å². The highest BCUT2D eigenvalue weighted by atomic mass is 35.5. The number of carbonyl (C=O) groups excluding carboxylic acids is 2. The number of nitrogens with zero attached hydrogens (tertiary/aromatic N) is 1. The Kier molecular flexibility index (Phi) is 4.87. The largest absolute Gasteiger partial charge is 0.349 e. The highest BCUT2D eigenvalue weighted by Gasteiger charge is 2.34. The van der Waals surface area contributed by atoms with E-state index < -0.39 is 5.82 Å². The zero-order valence-electron chi connectivity index (χ0n) is 14.8. The number of rotatable bonds is 6. The van der Waals surface area contributed by atoms with E-state index in [0.717, 1.165) is 37.3 Å². The van der Waals surface area contributed by atoms with Crippen LogP contribution in [0.4, 0.5) is 4.39 Å². The minimum atomic E-state index is -0.463. The molecule has 1 N–H and O–H groups in total. The molecule has 0 atom stereocenters. The van der Waals surface area contributed by atoms with E-state index in [2.05, 4.69) is 5.32 Å². The van der Waals surface area contributed by atoms with Crippen LogP contribution in [-0.2, 0) is 6.54 Å². The summed E-state index contributed by atoms with van der Waals surface area (Å²) in [4.78, 5) is 26.8. The smallest absolute Gasteiger partial charge is 0.255 e. The lowest BCUT2D eigenvalue weighted by Crippen LogP contribution is -2.33. The van der Waals surface area contributed by atoms with E-state index in [-0.39, 0.29) is 22.9 Å². The van der Waals surface area contributed by atoms with Gasteiger partial charge in [0.2, 0.25) is 0 Å².